The van der Waals surface area contributed by atoms with Crippen molar-refractivity contribution in [2.45, 2.75) is 24.9 Å². The Morgan fingerprint density at radius 1 is 1.10 bits per heavy atom. The van der Waals surface area contributed by atoms with Gasteiger partial charge in [-0.15, -0.1) is 0 Å². The van der Waals surface area contributed by atoms with E-state index in [1.165, 1.54) is 4.31 Å². The second kappa shape index (κ2) is 8.14. The van der Waals surface area contributed by atoms with E-state index in [9.17, 15) is 8.42 Å². The topological polar surface area (TPSA) is 67.7 Å². The molecule has 29 heavy (non-hydrogen) atoms. The largest absolute Gasteiger partial charge is 0.379 e. The van der Waals surface area contributed by atoms with E-state index in [1.54, 1.807) is 12.1 Å². The lowest BCUT2D eigenvalue weighted by Crippen LogP contribution is -2.40. The fraction of sp³-hybridized carbons (Fsp3) is 0.381. The van der Waals surface area contributed by atoms with Gasteiger partial charge in [-0.3, -0.25) is 0 Å². The van der Waals surface area contributed by atoms with Gasteiger partial charge in [-0.25, -0.2) is 13.4 Å². The van der Waals surface area contributed by atoms with Crippen molar-refractivity contribution in [1.29, 1.82) is 0 Å². The second-order valence-corrected chi connectivity index (χ2v) is 9.07. The first-order valence-corrected chi connectivity index (χ1v) is 11.3. The molecular weight excluding hydrogens is 388 g/mol. The first-order chi connectivity index (χ1) is 14.0. The number of ether oxygens (including phenoxy) is 1. The minimum Gasteiger partial charge on any atom is -0.379 e. The zero-order valence-electron chi connectivity index (χ0n) is 16.8. The molecule has 0 saturated carbocycles. The van der Waals surface area contributed by atoms with Gasteiger partial charge in [0, 0.05) is 32.4 Å². The van der Waals surface area contributed by atoms with Gasteiger partial charge in [0.25, 0.3) is 0 Å². The van der Waals surface area contributed by atoms with Crippen LogP contribution in [-0.2, 0) is 27.8 Å². The number of rotatable bonds is 6. The maximum atomic E-state index is 13.0. The summed E-state index contributed by atoms with van der Waals surface area (Å²) in [7, 11) is -1.51. The smallest absolute Gasteiger partial charge is 0.243 e. The van der Waals surface area contributed by atoms with Crippen LogP contribution in [-0.4, -0.2) is 55.6 Å². The fourth-order valence-corrected chi connectivity index (χ4v) is 5.14. The number of aryl methyl sites for hydroxylation is 1. The van der Waals surface area contributed by atoms with Gasteiger partial charge in [0.05, 0.1) is 35.7 Å². The average molecular weight is 415 g/mol. The van der Waals surface area contributed by atoms with Gasteiger partial charge < -0.3 is 14.2 Å². The van der Waals surface area contributed by atoms with E-state index in [1.807, 2.05) is 31.3 Å². The van der Waals surface area contributed by atoms with Crippen molar-refractivity contribution in [3.05, 3.63) is 54.4 Å². The van der Waals surface area contributed by atoms with Crippen LogP contribution in [0, 0.1) is 0 Å². The van der Waals surface area contributed by atoms with E-state index < -0.39 is 10.0 Å². The summed E-state index contributed by atoms with van der Waals surface area (Å²) >= 11 is 0. The van der Waals surface area contributed by atoms with Crippen LogP contribution in [0.15, 0.2) is 53.4 Å². The van der Waals surface area contributed by atoms with Gasteiger partial charge in [0.1, 0.15) is 5.82 Å². The van der Waals surface area contributed by atoms with Crippen LogP contribution in [0.2, 0.25) is 0 Å². The molecule has 0 amide bonds. The van der Waals surface area contributed by atoms with Crippen LogP contribution >= 0.6 is 0 Å². The van der Waals surface area contributed by atoms with Crippen LogP contribution in [0.25, 0.3) is 11.0 Å². The quantitative estimate of drug-likeness (QED) is 0.620. The summed E-state index contributed by atoms with van der Waals surface area (Å²) in [5.74, 6) is 0.912. The van der Waals surface area contributed by atoms with Crippen molar-refractivity contribution < 1.29 is 13.2 Å². The Kier molecular flexibility index (Phi) is 5.58. The Bertz CT molecular complexity index is 1090. The SMILES string of the molecule is CCn1c(CN(C)c2ccccc2)nc2cc(S(=O)(=O)N3CCOCC3)ccc21. The maximum Gasteiger partial charge on any atom is 0.243 e. The molecule has 0 atom stereocenters. The first kappa shape index (κ1) is 19.9. The van der Waals surface area contributed by atoms with E-state index in [0.717, 1.165) is 23.6 Å². The molecule has 1 aliphatic heterocycles. The average Bonchev–Trinajstić information content (AvgIpc) is 3.11. The highest BCUT2D eigenvalue weighted by Gasteiger charge is 2.27. The number of benzene rings is 2. The number of sulfonamides is 1. The lowest BCUT2D eigenvalue weighted by Gasteiger charge is -2.26. The molecule has 1 saturated heterocycles. The Morgan fingerprint density at radius 3 is 2.52 bits per heavy atom. The first-order valence-electron chi connectivity index (χ1n) is 9.84. The monoisotopic (exact) mass is 414 g/mol. The van der Waals surface area contributed by atoms with Crippen LogP contribution < -0.4 is 4.90 Å². The molecule has 0 radical (unpaired) electrons. The number of para-hydroxylation sites is 1. The molecule has 0 bridgehead atoms. The van der Waals surface area contributed by atoms with E-state index in [2.05, 4.69) is 28.5 Å². The molecule has 2 heterocycles. The van der Waals surface area contributed by atoms with Crippen LogP contribution in [0.3, 0.4) is 0 Å². The number of anilines is 1. The highest BCUT2D eigenvalue weighted by Crippen LogP contribution is 2.25. The van der Waals surface area contributed by atoms with Crippen molar-refractivity contribution in [3.8, 4) is 0 Å². The van der Waals surface area contributed by atoms with Gasteiger partial charge in [-0.1, -0.05) is 18.2 Å². The highest BCUT2D eigenvalue weighted by molar-refractivity contribution is 7.89. The summed E-state index contributed by atoms with van der Waals surface area (Å²) < 4.78 is 34.9. The molecule has 2 aromatic carbocycles. The molecular formula is C21H26N4O3S. The lowest BCUT2D eigenvalue weighted by molar-refractivity contribution is 0.0730. The normalized spacial score (nSPS) is 15.7. The molecule has 0 aliphatic carbocycles. The zero-order chi connectivity index (χ0) is 20.4. The molecule has 0 unspecified atom stereocenters. The third-order valence-corrected chi connectivity index (χ3v) is 7.19. The molecule has 7 nitrogen and oxygen atoms in total. The maximum absolute atomic E-state index is 13.0. The van der Waals surface area contributed by atoms with Gasteiger partial charge in [0.2, 0.25) is 10.0 Å². The van der Waals surface area contributed by atoms with Crippen LogP contribution in [0.1, 0.15) is 12.7 Å². The molecule has 3 aromatic rings. The molecule has 1 aromatic heterocycles. The molecule has 8 heteroatoms. The number of hydrogen-bond donors (Lipinski definition) is 0. The Labute approximate surface area is 171 Å². The van der Waals surface area contributed by atoms with E-state index in [0.29, 0.717) is 38.4 Å². The molecule has 0 N–H and O–H groups in total. The zero-order valence-corrected chi connectivity index (χ0v) is 17.6. The van der Waals surface area contributed by atoms with Crippen molar-refractivity contribution in [2.75, 3.05) is 38.3 Å². The van der Waals surface area contributed by atoms with Crippen LogP contribution in [0.4, 0.5) is 5.69 Å². The molecule has 0 spiro atoms. The van der Waals surface area contributed by atoms with Gasteiger partial charge in [-0.2, -0.15) is 4.31 Å². The summed E-state index contributed by atoms with van der Waals surface area (Å²) in [6.07, 6.45) is 0. The number of fused-ring (bicyclic) bond motifs is 1. The minimum atomic E-state index is -3.54. The Balaban J connectivity index is 1.67. The number of hydrogen-bond acceptors (Lipinski definition) is 5. The molecule has 1 aliphatic rings. The Morgan fingerprint density at radius 2 is 1.83 bits per heavy atom. The third-order valence-electron chi connectivity index (χ3n) is 5.30. The molecule has 154 valence electrons. The fourth-order valence-electron chi connectivity index (χ4n) is 3.72. The summed E-state index contributed by atoms with van der Waals surface area (Å²) in [6, 6.07) is 15.4. The summed E-state index contributed by atoms with van der Waals surface area (Å²) in [6.45, 7) is 5.12. The molecule has 1 fully saturated rings. The van der Waals surface area contributed by atoms with Gasteiger partial charge in [-0.05, 0) is 37.3 Å². The number of aromatic nitrogens is 2. The van der Waals surface area contributed by atoms with E-state index >= 15 is 0 Å². The van der Waals surface area contributed by atoms with Crippen molar-refractivity contribution >= 4 is 26.7 Å². The van der Waals surface area contributed by atoms with Crippen LogP contribution in [0.5, 0.6) is 0 Å². The number of nitrogens with zero attached hydrogens (tertiary/aromatic N) is 4. The second-order valence-electron chi connectivity index (χ2n) is 7.13. The minimum absolute atomic E-state index is 0.288. The predicted molar refractivity (Wildman–Crippen MR) is 114 cm³/mol. The predicted octanol–water partition coefficient (Wildman–Crippen LogP) is 2.71. The van der Waals surface area contributed by atoms with Gasteiger partial charge >= 0.3 is 0 Å². The third kappa shape index (κ3) is 3.88. The van der Waals surface area contributed by atoms with Crippen molar-refractivity contribution in [2.24, 2.45) is 0 Å². The number of imidazole rings is 1. The summed E-state index contributed by atoms with van der Waals surface area (Å²) in [5.41, 5.74) is 2.76. The van der Waals surface area contributed by atoms with E-state index in [-0.39, 0.29) is 4.90 Å². The van der Waals surface area contributed by atoms with Gasteiger partial charge in [0.15, 0.2) is 0 Å². The number of morpholine rings is 1. The highest BCUT2D eigenvalue weighted by atomic mass is 32.2. The summed E-state index contributed by atoms with van der Waals surface area (Å²) in [5, 5.41) is 0. The standard InChI is InChI=1S/C21H26N4O3S/c1-3-25-20-10-9-18(29(26,27)24-11-13-28-14-12-24)15-19(20)22-21(25)16-23(2)17-7-5-4-6-8-17/h4-10,15H,3,11-14,16H2,1-2H3. The lowest BCUT2D eigenvalue weighted by atomic mass is 10.3. The summed E-state index contributed by atoms with van der Waals surface area (Å²) in [4.78, 5) is 7.21. The van der Waals surface area contributed by atoms with Crippen molar-refractivity contribution in [1.82, 2.24) is 13.9 Å². The Hall–Kier alpha value is -2.42. The molecule has 4 rings (SSSR count). The van der Waals surface area contributed by atoms with E-state index in [4.69, 9.17) is 9.72 Å². The van der Waals surface area contributed by atoms with Crippen molar-refractivity contribution in [3.63, 3.8) is 0 Å².